The van der Waals surface area contributed by atoms with Crippen molar-refractivity contribution in [3.63, 3.8) is 0 Å². The van der Waals surface area contributed by atoms with E-state index in [0.717, 1.165) is 55.4 Å². The van der Waals surface area contributed by atoms with E-state index in [1.807, 2.05) is 40.8 Å². The van der Waals surface area contributed by atoms with E-state index in [2.05, 4.69) is 31.4 Å². The largest absolute Gasteiger partial charge is 0.369 e. The topological polar surface area (TPSA) is 87.8 Å². The Bertz CT molecular complexity index is 1800. The van der Waals surface area contributed by atoms with Gasteiger partial charge < -0.3 is 10.2 Å². The van der Waals surface area contributed by atoms with Gasteiger partial charge in [0.2, 0.25) is 11.7 Å². The Morgan fingerprint density at radius 3 is 2.53 bits per heavy atom. The number of aromatic nitrogens is 4. The number of rotatable bonds is 10. The van der Waals surface area contributed by atoms with Crippen molar-refractivity contribution in [2.45, 2.75) is 25.8 Å². The zero-order valence-corrected chi connectivity index (χ0v) is 24.5. The minimum absolute atomic E-state index is 0.0496. The number of nitrogens with zero attached hydrogens (tertiary/aromatic N) is 6. The van der Waals surface area contributed by atoms with Crippen LogP contribution in [0.4, 0.5) is 10.1 Å². The van der Waals surface area contributed by atoms with Crippen molar-refractivity contribution in [3.05, 3.63) is 105 Å². The fourth-order valence-electron chi connectivity index (χ4n) is 5.64. The summed E-state index contributed by atoms with van der Waals surface area (Å²) in [5, 5.41) is 13.0. The summed E-state index contributed by atoms with van der Waals surface area (Å²) in [5.41, 5.74) is 2.42. The summed E-state index contributed by atoms with van der Waals surface area (Å²) in [6, 6.07) is 21.3. The van der Waals surface area contributed by atoms with Crippen molar-refractivity contribution < 1.29 is 9.18 Å². The minimum atomic E-state index is -0.337. The molecule has 9 nitrogen and oxygen atoms in total. The minimum Gasteiger partial charge on any atom is -0.369 e. The number of hydrogen-bond acceptors (Lipinski definition) is 6. The van der Waals surface area contributed by atoms with Crippen LogP contribution < -0.4 is 15.8 Å². The molecule has 1 saturated heterocycles. The van der Waals surface area contributed by atoms with Crippen molar-refractivity contribution >= 4 is 39.9 Å². The molecule has 0 unspecified atom stereocenters. The van der Waals surface area contributed by atoms with Gasteiger partial charge in [0.25, 0.3) is 5.56 Å². The van der Waals surface area contributed by atoms with E-state index in [1.54, 1.807) is 22.8 Å². The highest BCUT2D eigenvalue weighted by Gasteiger charge is 2.19. The molecule has 0 atom stereocenters. The number of fused-ring (bicyclic) bond motifs is 3. The highest BCUT2D eigenvalue weighted by molar-refractivity contribution is 6.30. The summed E-state index contributed by atoms with van der Waals surface area (Å²) < 4.78 is 16.8. The number of piperazine rings is 1. The second-order valence-electron chi connectivity index (χ2n) is 10.8. The highest BCUT2D eigenvalue weighted by Crippen LogP contribution is 2.21. The Labute approximate surface area is 253 Å². The van der Waals surface area contributed by atoms with E-state index in [-0.39, 0.29) is 30.2 Å². The molecule has 1 aliphatic heterocycles. The normalized spacial score (nSPS) is 14.0. The Balaban J connectivity index is 1.04. The Hall–Kier alpha value is -4.28. The SMILES string of the molecule is O=C(CCc1nnc2n(Cc3ccc(F)cc3)c(=O)c3ccccc3n12)NCCCN1CCN(c2cccc(Cl)c2)CC1. The molecule has 1 N–H and O–H groups in total. The lowest BCUT2D eigenvalue weighted by molar-refractivity contribution is -0.121. The first-order valence-corrected chi connectivity index (χ1v) is 14.9. The zero-order valence-electron chi connectivity index (χ0n) is 23.8. The van der Waals surface area contributed by atoms with Crippen molar-refractivity contribution in [2.24, 2.45) is 0 Å². The van der Waals surface area contributed by atoms with Crippen LogP contribution in [-0.2, 0) is 17.8 Å². The van der Waals surface area contributed by atoms with Gasteiger partial charge in [-0.3, -0.25) is 23.5 Å². The second-order valence-corrected chi connectivity index (χ2v) is 11.2. The van der Waals surface area contributed by atoms with Crippen LogP contribution in [0.5, 0.6) is 0 Å². The first-order chi connectivity index (χ1) is 21.0. The smallest absolute Gasteiger partial charge is 0.263 e. The van der Waals surface area contributed by atoms with E-state index >= 15 is 0 Å². The van der Waals surface area contributed by atoms with E-state index in [9.17, 15) is 14.0 Å². The van der Waals surface area contributed by atoms with Gasteiger partial charge in [0.1, 0.15) is 11.6 Å². The Morgan fingerprint density at radius 1 is 0.953 bits per heavy atom. The standard InChI is InChI=1S/C32H33ClFN7O2/c33-24-5-3-6-26(21-24)39-19-17-38(18-20-39)16-4-15-35-30(42)14-13-29-36-37-32-40(22-23-9-11-25(34)12-10-23)31(43)27-7-1-2-8-28(27)41(29)32/h1-3,5-12,21H,4,13-20,22H2,(H,35,42). The second kappa shape index (κ2) is 12.9. The van der Waals surface area contributed by atoms with Gasteiger partial charge in [-0.2, -0.15) is 0 Å². The molecule has 1 fully saturated rings. The van der Waals surface area contributed by atoms with E-state index in [4.69, 9.17) is 11.6 Å². The van der Waals surface area contributed by atoms with Gasteiger partial charge in [-0.1, -0.05) is 41.9 Å². The van der Waals surface area contributed by atoms with Crippen LogP contribution in [0.15, 0.2) is 77.6 Å². The van der Waals surface area contributed by atoms with Crippen molar-refractivity contribution in [2.75, 3.05) is 44.2 Å². The summed E-state index contributed by atoms with van der Waals surface area (Å²) >= 11 is 6.14. The van der Waals surface area contributed by atoms with Crippen LogP contribution in [-0.4, -0.2) is 69.2 Å². The van der Waals surface area contributed by atoms with Gasteiger partial charge >= 0.3 is 0 Å². The summed E-state index contributed by atoms with van der Waals surface area (Å²) in [5.74, 6) is 0.604. The van der Waals surface area contributed by atoms with Crippen LogP contribution in [0.2, 0.25) is 5.02 Å². The molecule has 5 aromatic rings. The first-order valence-electron chi connectivity index (χ1n) is 14.6. The lowest BCUT2D eigenvalue weighted by atomic mass is 10.2. The average molecular weight is 602 g/mol. The monoisotopic (exact) mass is 601 g/mol. The van der Waals surface area contributed by atoms with Gasteiger partial charge in [-0.05, 0) is 61.0 Å². The molecule has 0 aliphatic carbocycles. The van der Waals surface area contributed by atoms with Crippen LogP contribution in [0.3, 0.4) is 0 Å². The van der Waals surface area contributed by atoms with Crippen LogP contribution >= 0.6 is 11.6 Å². The number of anilines is 1. The number of para-hydroxylation sites is 1. The van der Waals surface area contributed by atoms with Gasteiger partial charge in [0.15, 0.2) is 0 Å². The van der Waals surface area contributed by atoms with Gasteiger partial charge in [0.05, 0.1) is 17.4 Å². The lowest BCUT2D eigenvalue weighted by Crippen LogP contribution is -2.47. The molecule has 11 heteroatoms. The molecule has 6 rings (SSSR count). The summed E-state index contributed by atoms with van der Waals surface area (Å²) in [6.45, 7) is 5.60. The molecule has 0 radical (unpaired) electrons. The zero-order chi connectivity index (χ0) is 29.8. The molecule has 43 heavy (non-hydrogen) atoms. The van der Waals surface area contributed by atoms with E-state index in [1.165, 1.54) is 12.1 Å². The third-order valence-corrected chi connectivity index (χ3v) is 8.16. The summed E-state index contributed by atoms with van der Waals surface area (Å²) in [4.78, 5) is 30.9. The maximum atomic E-state index is 13.4. The lowest BCUT2D eigenvalue weighted by Gasteiger charge is -2.36. The van der Waals surface area contributed by atoms with Crippen molar-refractivity contribution in [3.8, 4) is 0 Å². The van der Waals surface area contributed by atoms with E-state index in [0.29, 0.717) is 35.5 Å². The maximum Gasteiger partial charge on any atom is 0.263 e. The molecule has 222 valence electrons. The van der Waals surface area contributed by atoms with Gasteiger partial charge in [-0.25, -0.2) is 4.39 Å². The number of hydrogen-bond donors (Lipinski definition) is 1. The molecule has 3 aromatic carbocycles. The van der Waals surface area contributed by atoms with Crippen LogP contribution in [0.1, 0.15) is 24.2 Å². The van der Waals surface area contributed by atoms with Gasteiger partial charge in [0, 0.05) is 56.3 Å². The first kappa shape index (κ1) is 28.8. The van der Waals surface area contributed by atoms with Crippen LogP contribution in [0.25, 0.3) is 16.7 Å². The van der Waals surface area contributed by atoms with E-state index < -0.39 is 0 Å². The number of aryl methyl sites for hydroxylation is 1. The average Bonchev–Trinajstić information content (AvgIpc) is 3.45. The number of carbonyl (C=O) groups is 1. The fourth-order valence-corrected chi connectivity index (χ4v) is 5.82. The van der Waals surface area contributed by atoms with Gasteiger partial charge in [-0.15, -0.1) is 10.2 Å². The number of benzene rings is 3. The fraction of sp³-hybridized carbons (Fsp3) is 0.312. The molecule has 1 aliphatic rings. The third-order valence-electron chi connectivity index (χ3n) is 7.92. The highest BCUT2D eigenvalue weighted by atomic mass is 35.5. The molecule has 1 amide bonds. The summed E-state index contributed by atoms with van der Waals surface area (Å²) in [7, 11) is 0. The summed E-state index contributed by atoms with van der Waals surface area (Å²) in [6.07, 6.45) is 1.50. The van der Waals surface area contributed by atoms with Crippen LogP contribution in [0, 0.1) is 5.82 Å². The third kappa shape index (κ3) is 6.55. The molecule has 0 bridgehead atoms. The molecule has 0 spiro atoms. The predicted molar refractivity (Wildman–Crippen MR) is 166 cm³/mol. The Kier molecular flexibility index (Phi) is 8.67. The molecular weight excluding hydrogens is 569 g/mol. The van der Waals surface area contributed by atoms with Crippen molar-refractivity contribution in [1.29, 1.82) is 0 Å². The molecule has 0 saturated carbocycles. The quantitative estimate of drug-likeness (QED) is 0.242. The maximum absolute atomic E-state index is 13.4. The molecular formula is C32H33ClFN7O2. The van der Waals surface area contributed by atoms with Crippen molar-refractivity contribution in [1.82, 2.24) is 29.4 Å². The molecule has 2 aromatic heterocycles. The number of carbonyl (C=O) groups excluding carboxylic acids is 1. The predicted octanol–water partition coefficient (Wildman–Crippen LogP) is 4.15. The number of amides is 1. The Morgan fingerprint density at radius 2 is 1.74 bits per heavy atom. The number of halogens is 2. The molecule has 3 heterocycles. The number of nitrogens with one attached hydrogen (secondary N) is 1.